The van der Waals surface area contributed by atoms with Gasteiger partial charge in [0.2, 0.25) is 17.7 Å². The standard InChI is InChI=1S/C8H13N3O4/c9-6(13)2-10-7(14)4-11-3-5(12)1-8(11)15/h5,12H,1-4H2,(H2,9,13)(H,10,14)/t5-/m1/s1. The maximum atomic E-state index is 11.2. The van der Waals surface area contributed by atoms with Gasteiger partial charge in [-0.05, 0) is 0 Å². The lowest BCUT2D eigenvalue weighted by molar-refractivity contribution is -0.133. The number of likely N-dealkylation sites (tertiary alicyclic amines) is 1. The smallest absolute Gasteiger partial charge is 0.240 e. The molecule has 1 fully saturated rings. The molecule has 1 saturated heterocycles. The van der Waals surface area contributed by atoms with Crippen molar-refractivity contribution in [1.82, 2.24) is 10.2 Å². The van der Waals surface area contributed by atoms with Gasteiger partial charge in [-0.25, -0.2) is 0 Å². The summed E-state index contributed by atoms with van der Waals surface area (Å²) in [6.45, 7) is -0.241. The van der Waals surface area contributed by atoms with Crippen LogP contribution in [0.5, 0.6) is 0 Å². The molecule has 4 N–H and O–H groups in total. The number of carbonyl (C=O) groups excluding carboxylic acids is 3. The van der Waals surface area contributed by atoms with E-state index < -0.39 is 17.9 Å². The van der Waals surface area contributed by atoms with Crippen molar-refractivity contribution in [3.05, 3.63) is 0 Å². The molecule has 0 unspecified atom stereocenters. The van der Waals surface area contributed by atoms with Crippen molar-refractivity contribution < 1.29 is 19.5 Å². The Balaban J connectivity index is 2.32. The SMILES string of the molecule is NC(=O)CNC(=O)CN1C[C@H](O)CC1=O. The molecule has 1 heterocycles. The van der Waals surface area contributed by atoms with E-state index >= 15 is 0 Å². The Hall–Kier alpha value is -1.63. The van der Waals surface area contributed by atoms with E-state index in [2.05, 4.69) is 5.32 Å². The second kappa shape index (κ2) is 4.74. The molecule has 0 aromatic carbocycles. The van der Waals surface area contributed by atoms with Crippen LogP contribution in [-0.2, 0) is 14.4 Å². The maximum absolute atomic E-state index is 11.2. The molecule has 0 saturated carbocycles. The lowest BCUT2D eigenvalue weighted by Gasteiger charge is -2.14. The number of aliphatic hydroxyl groups excluding tert-OH is 1. The zero-order chi connectivity index (χ0) is 11.4. The van der Waals surface area contributed by atoms with Crippen LogP contribution in [0.3, 0.4) is 0 Å². The lowest BCUT2D eigenvalue weighted by Crippen LogP contribution is -2.41. The average molecular weight is 215 g/mol. The van der Waals surface area contributed by atoms with Crippen LogP contribution in [0.15, 0.2) is 0 Å². The van der Waals surface area contributed by atoms with Crippen molar-refractivity contribution in [3.63, 3.8) is 0 Å². The fraction of sp³-hybridized carbons (Fsp3) is 0.625. The van der Waals surface area contributed by atoms with Gasteiger partial charge in [-0.15, -0.1) is 0 Å². The highest BCUT2D eigenvalue weighted by Gasteiger charge is 2.29. The molecule has 7 heteroatoms. The van der Waals surface area contributed by atoms with Crippen molar-refractivity contribution in [2.24, 2.45) is 5.73 Å². The molecule has 0 aromatic heterocycles. The Kier molecular flexibility index (Phi) is 3.62. The lowest BCUT2D eigenvalue weighted by atomic mass is 10.3. The van der Waals surface area contributed by atoms with Crippen molar-refractivity contribution in [2.75, 3.05) is 19.6 Å². The van der Waals surface area contributed by atoms with E-state index in [1.54, 1.807) is 0 Å². The fourth-order valence-corrected chi connectivity index (χ4v) is 1.32. The van der Waals surface area contributed by atoms with Gasteiger partial charge in [-0.3, -0.25) is 14.4 Å². The largest absolute Gasteiger partial charge is 0.391 e. The van der Waals surface area contributed by atoms with Crippen LogP contribution in [0, 0.1) is 0 Å². The number of nitrogens with zero attached hydrogens (tertiary/aromatic N) is 1. The molecule has 1 aliphatic heterocycles. The number of nitrogens with two attached hydrogens (primary N) is 1. The zero-order valence-corrected chi connectivity index (χ0v) is 8.10. The third-order valence-corrected chi connectivity index (χ3v) is 1.99. The molecule has 1 atom stereocenters. The number of carbonyl (C=O) groups is 3. The van der Waals surface area contributed by atoms with Crippen molar-refractivity contribution in [1.29, 1.82) is 0 Å². The summed E-state index contributed by atoms with van der Waals surface area (Å²) in [6.07, 6.45) is -0.662. The number of rotatable bonds is 4. The second-order valence-corrected chi connectivity index (χ2v) is 3.38. The molecule has 1 rings (SSSR count). The van der Waals surface area contributed by atoms with Gasteiger partial charge >= 0.3 is 0 Å². The summed E-state index contributed by atoms with van der Waals surface area (Å²) in [7, 11) is 0. The maximum Gasteiger partial charge on any atom is 0.240 e. The van der Waals surface area contributed by atoms with Crippen LogP contribution in [0.4, 0.5) is 0 Å². The van der Waals surface area contributed by atoms with E-state index in [1.165, 1.54) is 4.90 Å². The quantitative estimate of drug-likeness (QED) is 0.469. The molecule has 0 bridgehead atoms. The molecule has 15 heavy (non-hydrogen) atoms. The summed E-state index contributed by atoms with van der Waals surface area (Å²) in [5.74, 6) is -1.37. The number of nitrogens with one attached hydrogen (secondary N) is 1. The Bertz CT molecular complexity index is 292. The number of amides is 3. The molecule has 1 aliphatic rings. The van der Waals surface area contributed by atoms with Gasteiger partial charge in [-0.1, -0.05) is 0 Å². The Morgan fingerprint density at radius 2 is 2.27 bits per heavy atom. The molecule has 7 nitrogen and oxygen atoms in total. The summed E-state index contributed by atoms with van der Waals surface area (Å²) in [5, 5.41) is 11.4. The predicted molar refractivity (Wildman–Crippen MR) is 49.4 cm³/mol. The summed E-state index contributed by atoms with van der Waals surface area (Å²) in [6, 6.07) is 0. The highest BCUT2D eigenvalue weighted by atomic mass is 16.3. The number of aliphatic hydroxyl groups is 1. The van der Waals surface area contributed by atoms with Crippen LogP contribution in [-0.4, -0.2) is 53.5 Å². The molecular formula is C8H13N3O4. The number of β-amino-alcohol motifs (C(OH)–C–C–N with tert-alkyl or cyclic N) is 1. The fourth-order valence-electron chi connectivity index (χ4n) is 1.32. The molecule has 0 spiro atoms. The van der Waals surface area contributed by atoms with Gasteiger partial charge < -0.3 is 21.1 Å². The Labute approximate surface area is 86.2 Å². The van der Waals surface area contributed by atoms with Gasteiger partial charge in [0.15, 0.2) is 0 Å². The van der Waals surface area contributed by atoms with E-state index in [-0.39, 0.29) is 32.0 Å². The average Bonchev–Trinajstić information content (AvgIpc) is 2.42. The first-order chi connectivity index (χ1) is 6.99. The van der Waals surface area contributed by atoms with Gasteiger partial charge in [0.1, 0.15) is 0 Å². The van der Waals surface area contributed by atoms with Crippen LogP contribution < -0.4 is 11.1 Å². The van der Waals surface area contributed by atoms with E-state index in [1.807, 2.05) is 0 Å². The molecule has 0 radical (unpaired) electrons. The predicted octanol–water partition coefficient (Wildman–Crippen LogP) is -2.82. The third kappa shape index (κ3) is 3.55. The first-order valence-corrected chi connectivity index (χ1v) is 4.50. The second-order valence-electron chi connectivity index (χ2n) is 3.38. The van der Waals surface area contributed by atoms with Gasteiger partial charge in [0.25, 0.3) is 0 Å². The van der Waals surface area contributed by atoms with Gasteiger partial charge in [-0.2, -0.15) is 0 Å². The van der Waals surface area contributed by atoms with Crippen LogP contribution in [0.1, 0.15) is 6.42 Å². The first-order valence-electron chi connectivity index (χ1n) is 4.50. The Morgan fingerprint density at radius 1 is 1.60 bits per heavy atom. The highest BCUT2D eigenvalue weighted by Crippen LogP contribution is 2.09. The van der Waals surface area contributed by atoms with E-state index in [0.717, 1.165) is 0 Å². The van der Waals surface area contributed by atoms with E-state index in [9.17, 15) is 14.4 Å². The first kappa shape index (κ1) is 11.4. The summed E-state index contributed by atoms with van der Waals surface area (Å²) >= 11 is 0. The third-order valence-electron chi connectivity index (χ3n) is 1.99. The van der Waals surface area contributed by atoms with Gasteiger partial charge in [0.05, 0.1) is 25.6 Å². The minimum absolute atomic E-state index is 0.0447. The molecular weight excluding hydrogens is 202 g/mol. The molecule has 84 valence electrons. The van der Waals surface area contributed by atoms with Crippen LogP contribution >= 0.6 is 0 Å². The minimum Gasteiger partial charge on any atom is -0.391 e. The topological polar surface area (TPSA) is 113 Å². The highest BCUT2D eigenvalue weighted by molar-refractivity contribution is 5.88. The minimum atomic E-state index is -0.707. The normalized spacial score (nSPS) is 20.5. The van der Waals surface area contributed by atoms with Crippen LogP contribution in [0.2, 0.25) is 0 Å². The summed E-state index contributed by atoms with van der Waals surface area (Å²) in [4.78, 5) is 33.9. The summed E-state index contributed by atoms with van der Waals surface area (Å²) in [5.41, 5.74) is 4.82. The van der Waals surface area contributed by atoms with Crippen molar-refractivity contribution in [2.45, 2.75) is 12.5 Å². The number of primary amides is 1. The summed E-state index contributed by atoms with van der Waals surface area (Å²) < 4.78 is 0. The van der Waals surface area contributed by atoms with E-state index in [0.29, 0.717) is 0 Å². The molecule has 0 aliphatic carbocycles. The monoisotopic (exact) mass is 215 g/mol. The van der Waals surface area contributed by atoms with Crippen molar-refractivity contribution in [3.8, 4) is 0 Å². The van der Waals surface area contributed by atoms with Crippen molar-refractivity contribution >= 4 is 17.7 Å². The van der Waals surface area contributed by atoms with Gasteiger partial charge in [0, 0.05) is 6.54 Å². The van der Waals surface area contributed by atoms with Crippen LogP contribution in [0.25, 0.3) is 0 Å². The Morgan fingerprint density at radius 3 is 2.73 bits per heavy atom. The molecule has 3 amide bonds. The number of hydrogen-bond donors (Lipinski definition) is 3. The number of hydrogen-bond acceptors (Lipinski definition) is 4. The molecule has 0 aromatic rings. The van der Waals surface area contributed by atoms with E-state index in [4.69, 9.17) is 10.8 Å². The zero-order valence-electron chi connectivity index (χ0n) is 8.10.